The van der Waals surface area contributed by atoms with E-state index in [1.54, 1.807) is 24.3 Å². The number of aliphatic hydroxyl groups excluding tert-OH is 1. The molecule has 0 bridgehead atoms. The van der Waals surface area contributed by atoms with Crippen molar-refractivity contribution in [3.05, 3.63) is 63.9 Å². The van der Waals surface area contributed by atoms with E-state index >= 15 is 0 Å². The number of benzene rings is 2. The lowest BCUT2D eigenvalue weighted by atomic mass is 10.1. The van der Waals surface area contributed by atoms with Gasteiger partial charge in [0, 0.05) is 38.4 Å². The van der Waals surface area contributed by atoms with E-state index in [1.807, 2.05) is 37.1 Å². The number of unbranched alkanes of at least 4 members (excludes halogenated alkanes) is 1. The molecule has 2 aromatic carbocycles. The zero-order chi connectivity index (χ0) is 23.6. The van der Waals surface area contributed by atoms with Crippen molar-refractivity contribution in [2.24, 2.45) is 0 Å². The van der Waals surface area contributed by atoms with E-state index in [0.29, 0.717) is 30.8 Å². The van der Waals surface area contributed by atoms with E-state index in [4.69, 9.17) is 4.74 Å². The van der Waals surface area contributed by atoms with Crippen molar-refractivity contribution in [1.82, 2.24) is 9.29 Å². The molecule has 0 radical (unpaired) electrons. The maximum atomic E-state index is 13.6. The lowest BCUT2D eigenvalue weighted by molar-refractivity contribution is 0.275. The Labute approximate surface area is 193 Å². The Morgan fingerprint density at radius 1 is 1.18 bits per heavy atom. The fourth-order valence-electron chi connectivity index (χ4n) is 4.07. The third-order valence-electron chi connectivity index (χ3n) is 5.99. The molecule has 2 heterocycles. The molecule has 0 saturated heterocycles. The number of nitrogens with one attached hydrogen (secondary N) is 1. The van der Waals surface area contributed by atoms with Gasteiger partial charge in [0.15, 0.2) is 0 Å². The second kappa shape index (κ2) is 9.54. The molecule has 0 spiro atoms. The number of aromatic nitrogens is 1. The zero-order valence-electron chi connectivity index (χ0n) is 18.9. The number of aromatic amines is 1. The number of aryl methyl sites for hydroxylation is 1. The van der Waals surface area contributed by atoms with Crippen LogP contribution in [-0.4, -0.2) is 56.2 Å². The molecule has 0 unspecified atom stereocenters. The highest BCUT2D eigenvalue weighted by Gasteiger charge is 2.27. The van der Waals surface area contributed by atoms with Gasteiger partial charge in [0.05, 0.1) is 22.6 Å². The number of fused-ring (bicyclic) bond motifs is 2. The van der Waals surface area contributed by atoms with Gasteiger partial charge in [-0.2, -0.15) is 4.31 Å². The molecule has 3 aromatic rings. The van der Waals surface area contributed by atoms with Crippen LogP contribution < -0.4 is 15.2 Å². The predicted octanol–water partition coefficient (Wildman–Crippen LogP) is 2.63. The highest BCUT2D eigenvalue weighted by molar-refractivity contribution is 7.89. The van der Waals surface area contributed by atoms with Crippen LogP contribution in [-0.2, 0) is 16.6 Å². The van der Waals surface area contributed by atoms with Crippen LogP contribution in [0.3, 0.4) is 0 Å². The minimum atomic E-state index is -3.91. The fourth-order valence-corrected chi connectivity index (χ4v) is 5.54. The molecule has 0 saturated carbocycles. The number of rotatable bonds is 8. The average Bonchev–Trinajstić information content (AvgIpc) is 2.79. The lowest BCUT2D eigenvalue weighted by Crippen LogP contribution is -2.34. The SMILES string of the molecule is Cc1cccc2cc(CN(CCCCO)S(=O)(=O)c3ccc4c(c3)OCCN4C)c(=O)[nH]c12. The summed E-state index contributed by atoms with van der Waals surface area (Å²) in [5.41, 5.74) is 2.59. The molecule has 176 valence electrons. The van der Waals surface area contributed by atoms with Gasteiger partial charge in [0.1, 0.15) is 12.4 Å². The monoisotopic (exact) mass is 471 g/mol. The number of hydrogen-bond donors (Lipinski definition) is 2. The molecule has 9 heteroatoms. The van der Waals surface area contributed by atoms with Gasteiger partial charge in [-0.25, -0.2) is 8.42 Å². The van der Waals surface area contributed by atoms with Crippen molar-refractivity contribution >= 4 is 26.6 Å². The number of nitrogens with zero attached hydrogens (tertiary/aromatic N) is 2. The molecular weight excluding hydrogens is 442 g/mol. The topological polar surface area (TPSA) is 103 Å². The summed E-state index contributed by atoms with van der Waals surface area (Å²) in [5, 5.41) is 10.0. The normalized spacial score (nSPS) is 13.9. The minimum Gasteiger partial charge on any atom is -0.490 e. The maximum absolute atomic E-state index is 13.6. The summed E-state index contributed by atoms with van der Waals surface area (Å²) < 4.78 is 34.2. The van der Waals surface area contributed by atoms with Gasteiger partial charge in [0.2, 0.25) is 10.0 Å². The van der Waals surface area contributed by atoms with Gasteiger partial charge in [-0.05, 0) is 48.9 Å². The summed E-state index contributed by atoms with van der Waals surface area (Å²) >= 11 is 0. The van der Waals surface area contributed by atoms with Crippen LogP contribution in [0.1, 0.15) is 24.0 Å². The van der Waals surface area contributed by atoms with Crippen LogP contribution in [0.2, 0.25) is 0 Å². The van der Waals surface area contributed by atoms with Crippen LogP contribution in [0.5, 0.6) is 5.75 Å². The Morgan fingerprint density at radius 2 is 2.00 bits per heavy atom. The van der Waals surface area contributed by atoms with Gasteiger partial charge in [-0.3, -0.25) is 4.79 Å². The van der Waals surface area contributed by atoms with E-state index in [-0.39, 0.29) is 30.2 Å². The summed E-state index contributed by atoms with van der Waals surface area (Å²) in [6, 6.07) is 12.3. The number of ether oxygens (including phenoxy) is 1. The molecule has 4 rings (SSSR count). The third-order valence-corrected chi connectivity index (χ3v) is 7.83. The van der Waals surface area contributed by atoms with Crippen LogP contribution in [0.15, 0.2) is 52.2 Å². The Hall–Kier alpha value is -2.88. The first-order valence-corrected chi connectivity index (χ1v) is 12.5. The van der Waals surface area contributed by atoms with Crippen LogP contribution >= 0.6 is 0 Å². The minimum absolute atomic E-state index is 0.0251. The molecule has 2 N–H and O–H groups in total. The summed E-state index contributed by atoms with van der Waals surface area (Å²) in [7, 11) is -1.97. The molecule has 8 nitrogen and oxygen atoms in total. The number of H-pyrrole nitrogens is 1. The first-order valence-electron chi connectivity index (χ1n) is 11.0. The quantitative estimate of drug-likeness (QED) is 0.490. The molecule has 0 fully saturated rings. The van der Waals surface area contributed by atoms with Crippen molar-refractivity contribution < 1.29 is 18.3 Å². The number of aliphatic hydroxyl groups is 1. The lowest BCUT2D eigenvalue weighted by Gasteiger charge is -2.28. The van der Waals surface area contributed by atoms with E-state index < -0.39 is 10.0 Å². The number of para-hydroxylation sites is 1. The van der Waals surface area contributed by atoms with Crippen molar-refractivity contribution in [3.63, 3.8) is 0 Å². The first-order chi connectivity index (χ1) is 15.8. The zero-order valence-corrected chi connectivity index (χ0v) is 19.7. The second-order valence-corrected chi connectivity index (χ2v) is 10.3. The smallest absolute Gasteiger partial charge is 0.252 e. The largest absolute Gasteiger partial charge is 0.490 e. The summed E-state index contributed by atoms with van der Waals surface area (Å²) in [4.78, 5) is 17.8. The number of pyridine rings is 1. The standard InChI is InChI=1S/C24H29N3O5S/c1-17-6-5-7-18-14-19(24(29)25-23(17)18)16-27(10-3-4-12-28)33(30,31)20-8-9-21-22(15-20)32-13-11-26(21)2/h5-9,14-15,28H,3-4,10-13,16H2,1-2H3,(H,25,29). The first kappa shape index (κ1) is 23.3. The summed E-state index contributed by atoms with van der Waals surface area (Å²) in [5.74, 6) is 0.527. The van der Waals surface area contributed by atoms with E-state index in [1.165, 1.54) is 4.31 Å². The van der Waals surface area contributed by atoms with E-state index in [0.717, 1.165) is 28.7 Å². The number of likely N-dealkylation sites (N-methyl/N-ethyl adjacent to an activating group) is 1. The molecule has 1 aliphatic rings. The second-order valence-electron chi connectivity index (χ2n) is 8.33. The van der Waals surface area contributed by atoms with E-state index in [2.05, 4.69) is 4.98 Å². The van der Waals surface area contributed by atoms with Crippen molar-refractivity contribution in [2.45, 2.75) is 31.2 Å². The van der Waals surface area contributed by atoms with Gasteiger partial charge in [0.25, 0.3) is 5.56 Å². The number of anilines is 1. The highest BCUT2D eigenvalue weighted by atomic mass is 32.2. The Kier molecular flexibility index (Phi) is 6.73. The highest BCUT2D eigenvalue weighted by Crippen LogP contribution is 2.34. The van der Waals surface area contributed by atoms with E-state index in [9.17, 15) is 18.3 Å². The number of hydrogen-bond acceptors (Lipinski definition) is 6. The Morgan fingerprint density at radius 3 is 2.79 bits per heavy atom. The maximum Gasteiger partial charge on any atom is 0.252 e. The number of sulfonamides is 1. The molecule has 0 amide bonds. The van der Waals surface area contributed by atoms with Crippen LogP contribution in [0.4, 0.5) is 5.69 Å². The average molecular weight is 472 g/mol. The molecule has 1 aliphatic heterocycles. The molecule has 33 heavy (non-hydrogen) atoms. The van der Waals surface area contributed by atoms with Crippen LogP contribution in [0, 0.1) is 6.92 Å². The predicted molar refractivity (Wildman–Crippen MR) is 128 cm³/mol. The summed E-state index contributed by atoms with van der Waals surface area (Å²) in [6.45, 7) is 3.23. The summed E-state index contributed by atoms with van der Waals surface area (Å²) in [6.07, 6.45) is 0.946. The van der Waals surface area contributed by atoms with Gasteiger partial charge in [-0.15, -0.1) is 0 Å². The molecule has 1 aromatic heterocycles. The fraction of sp³-hybridized carbons (Fsp3) is 0.375. The van der Waals surface area contributed by atoms with Gasteiger partial charge < -0.3 is 19.7 Å². The van der Waals surface area contributed by atoms with Crippen molar-refractivity contribution in [2.75, 3.05) is 38.3 Å². The third kappa shape index (κ3) is 4.75. The Balaban J connectivity index is 1.71. The molecular formula is C24H29N3O5S. The van der Waals surface area contributed by atoms with Gasteiger partial charge in [-0.1, -0.05) is 18.2 Å². The molecule has 0 aliphatic carbocycles. The van der Waals surface area contributed by atoms with Crippen molar-refractivity contribution in [3.8, 4) is 5.75 Å². The Bertz CT molecular complexity index is 1320. The van der Waals surface area contributed by atoms with Gasteiger partial charge >= 0.3 is 0 Å². The van der Waals surface area contributed by atoms with Crippen molar-refractivity contribution in [1.29, 1.82) is 0 Å². The molecule has 0 atom stereocenters. The van der Waals surface area contributed by atoms with Crippen LogP contribution in [0.25, 0.3) is 10.9 Å².